The molecule has 0 N–H and O–H groups in total. The molecule has 3 heterocycles. The molecule has 9 aromatic carbocycles. The van der Waals surface area contributed by atoms with Crippen LogP contribution < -0.4 is 20.7 Å². The molecule has 0 saturated heterocycles. The van der Waals surface area contributed by atoms with E-state index in [2.05, 4.69) is 221 Å². The smallest absolute Gasteiger partial charge is 0.181 e. The van der Waals surface area contributed by atoms with Crippen molar-refractivity contribution in [2.24, 2.45) is 0 Å². The van der Waals surface area contributed by atoms with E-state index in [0.717, 1.165) is 49.7 Å². The van der Waals surface area contributed by atoms with E-state index in [1.807, 2.05) is 6.07 Å². The number of nitrogens with zero attached hydrogens (tertiary/aromatic N) is 2. The summed E-state index contributed by atoms with van der Waals surface area (Å²) in [6.07, 6.45) is 0. The highest BCUT2D eigenvalue weighted by Gasteiger charge is 2.44. The van der Waals surface area contributed by atoms with Gasteiger partial charge in [-0.1, -0.05) is 164 Å². The molecule has 0 radical (unpaired) electrons. The average Bonchev–Trinajstić information content (AvgIpc) is 3.96. The van der Waals surface area contributed by atoms with E-state index in [4.69, 9.17) is 4.42 Å². The summed E-state index contributed by atoms with van der Waals surface area (Å²) in [4.78, 5) is 0. The maximum atomic E-state index is 6.68. The van der Waals surface area contributed by atoms with Crippen LogP contribution in [0, 0.1) is 0 Å². The van der Waals surface area contributed by atoms with Crippen molar-refractivity contribution < 1.29 is 4.42 Å². The van der Waals surface area contributed by atoms with E-state index in [9.17, 15) is 0 Å². The van der Waals surface area contributed by atoms with E-state index in [1.54, 1.807) is 0 Å². The molecule has 0 unspecified atom stereocenters. The molecule has 12 rings (SSSR count). The number of hydrogen-bond acceptors (Lipinski definition) is 1. The van der Waals surface area contributed by atoms with Gasteiger partial charge >= 0.3 is 0 Å². The van der Waals surface area contributed by atoms with Gasteiger partial charge in [0.2, 0.25) is 0 Å². The van der Waals surface area contributed by atoms with Gasteiger partial charge in [0.05, 0.1) is 27.5 Å². The Morgan fingerprint density at radius 3 is 1.64 bits per heavy atom. The van der Waals surface area contributed by atoms with Crippen LogP contribution in [0.25, 0.3) is 76.9 Å². The summed E-state index contributed by atoms with van der Waals surface area (Å²) in [5, 5.41) is 12.5. The Labute approximate surface area is 336 Å². The van der Waals surface area contributed by atoms with Gasteiger partial charge in [0.15, 0.2) is 8.07 Å². The number of para-hydroxylation sites is 5. The number of furan rings is 1. The van der Waals surface area contributed by atoms with Gasteiger partial charge in [0.1, 0.15) is 11.2 Å². The first-order valence-corrected chi connectivity index (χ1v) is 21.9. The Kier molecular flexibility index (Phi) is 7.25. The van der Waals surface area contributed by atoms with E-state index >= 15 is 0 Å². The van der Waals surface area contributed by atoms with Gasteiger partial charge in [-0.05, 0) is 75.3 Å². The SMILES string of the molecule is c1ccc(-n2c3ccccc3c3cccc([Si](c4ccccc4)(c4ccccc4)c4cccc(-n5c6ccccc6c6c7oc8ccccc8c7ccc65)c4)c32)cc1. The molecule has 272 valence electrons. The molecule has 0 saturated carbocycles. The van der Waals surface area contributed by atoms with Crippen LogP contribution in [0.5, 0.6) is 0 Å². The zero-order chi connectivity index (χ0) is 38.2. The third-order valence-electron chi connectivity index (χ3n) is 12.2. The summed E-state index contributed by atoms with van der Waals surface area (Å²) >= 11 is 0. The number of benzene rings is 9. The molecule has 58 heavy (non-hydrogen) atoms. The first-order valence-electron chi connectivity index (χ1n) is 19.9. The van der Waals surface area contributed by atoms with Gasteiger partial charge in [-0.3, -0.25) is 0 Å². The van der Waals surface area contributed by atoms with Crippen LogP contribution in [-0.4, -0.2) is 17.2 Å². The highest BCUT2D eigenvalue weighted by Crippen LogP contribution is 2.40. The van der Waals surface area contributed by atoms with Crippen molar-refractivity contribution in [1.29, 1.82) is 0 Å². The molecule has 4 heteroatoms. The van der Waals surface area contributed by atoms with E-state index in [0.29, 0.717) is 0 Å². The van der Waals surface area contributed by atoms with E-state index in [-0.39, 0.29) is 0 Å². The molecule has 0 amide bonds. The second-order valence-corrected chi connectivity index (χ2v) is 19.0. The molecule has 0 aliphatic carbocycles. The Bertz CT molecular complexity index is 3470. The van der Waals surface area contributed by atoms with Crippen LogP contribution in [0.1, 0.15) is 0 Å². The normalized spacial score (nSPS) is 12.1. The Morgan fingerprint density at radius 2 is 0.897 bits per heavy atom. The molecule has 0 atom stereocenters. The minimum absolute atomic E-state index is 0.910. The second kappa shape index (κ2) is 12.8. The largest absolute Gasteiger partial charge is 0.455 e. The quantitative estimate of drug-likeness (QED) is 0.122. The Hall–Kier alpha value is -7.40. The van der Waals surface area contributed by atoms with Crippen molar-refractivity contribution in [3.63, 3.8) is 0 Å². The highest BCUT2D eigenvalue weighted by atomic mass is 28.3. The number of aromatic nitrogens is 2. The summed E-state index contributed by atoms with van der Waals surface area (Å²) in [7, 11) is -3.09. The van der Waals surface area contributed by atoms with Crippen LogP contribution in [0.2, 0.25) is 0 Å². The van der Waals surface area contributed by atoms with Crippen molar-refractivity contribution in [2.75, 3.05) is 0 Å². The van der Waals surface area contributed by atoms with Crippen LogP contribution in [0.3, 0.4) is 0 Å². The summed E-state index contributed by atoms with van der Waals surface area (Å²) < 4.78 is 11.6. The van der Waals surface area contributed by atoms with Gasteiger partial charge in [-0.15, -0.1) is 0 Å². The van der Waals surface area contributed by atoms with Crippen molar-refractivity contribution in [1.82, 2.24) is 9.13 Å². The van der Waals surface area contributed by atoms with Crippen LogP contribution in [-0.2, 0) is 0 Å². The van der Waals surface area contributed by atoms with E-state index in [1.165, 1.54) is 47.9 Å². The molecule has 12 aromatic rings. The highest BCUT2D eigenvalue weighted by molar-refractivity contribution is 7.20. The van der Waals surface area contributed by atoms with Crippen molar-refractivity contribution in [3.8, 4) is 11.4 Å². The minimum atomic E-state index is -3.09. The van der Waals surface area contributed by atoms with Crippen molar-refractivity contribution >= 4 is 94.4 Å². The monoisotopic (exact) mass is 756 g/mol. The predicted molar refractivity (Wildman–Crippen MR) is 246 cm³/mol. The van der Waals surface area contributed by atoms with Crippen molar-refractivity contribution in [2.45, 2.75) is 0 Å². The maximum Gasteiger partial charge on any atom is 0.181 e. The zero-order valence-corrected chi connectivity index (χ0v) is 32.6. The zero-order valence-electron chi connectivity index (χ0n) is 31.6. The van der Waals surface area contributed by atoms with Gasteiger partial charge in [-0.2, -0.15) is 0 Å². The lowest BCUT2D eigenvalue weighted by atomic mass is 10.1. The third kappa shape index (κ3) is 4.61. The molecular weight excluding hydrogens is 721 g/mol. The lowest BCUT2D eigenvalue weighted by molar-refractivity contribution is 0.673. The molecule has 0 bridgehead atoms. The molecule has 3 nitrogen and oxygen atoms in total. The second-order valence-electron chi connectivity index (χ2n) is 15.2. The van der Waals surface area contributed by atoms with Gasteiger partial charge in [-0.25, -0.2) is 0 Å². The van der Waals surface area contributed by atoms with Crippen molar-refractivity contribution in [3.05, 3.63) is 218 Å². The fourth-order valence-electron chi connectivity index (χ4n) is 9.90. The van der Waals surface area contributed by atoms with Gasteiger partial charge in [0.25, 0.3) is 0 Å². The summed E-state index contributed by atoms with van der Waals surface area (Å²) in [6.45, 7) is 0. The first kappa shape index (κ1) is 32.8. The fraction of sp³-hybridized carbons (Fsp3) is 0. The Balaban J connectivity index is 1.22. The maximum absolute atomic E-state index is 6.68. The van der Waals surface area contributed by atoms with Crippen LogP contribution in [0.15, 0.2) is 223 Å². The summed E-state index contributed by atoms with van der Waals surface area (Å²) in [5.74, 6) is 0. The van der Waals surface area contributed by atoms with Crippen LogP contribution >= 0.6 is 0 Å². The summed E-state index contributed by atoms with van der Waals surface area (Å²) in [6, 6.07) is 80.3. The van der Waals surface area contributed by atoms with Crippen LogP contribution in [0.4, 0.5) is 0 Å². The standard InChI is InChI=1S/C54H36N2OSi/c1-4-18-37(19-5-1)56-47-30-13-10-26-42(47)44-29-17-33-51(53(44)56)58(39-21-6-2-7-22-39,40-23-8-3-9-24-40)41-25-16-20-38(36-41)55-48-31-14-11-28-46(48)52-49(55)35-34-45-43-27-12-15-32-50(43)57-54(45)52/h1-36H. The minimum Gasteiger partial charge on any atom is -0.455 e. The molecule has 0 fully saturated rings. The average molecular weight is 757 g/mol. The molecule has 0 aliphatic heterocycles. The van der Waals surface area contributed by atoms with Gasteiger partial charge < -0.3 is 13.6 Å². The fourth-order valence-corrected chi connectivity index (χ4v) is 14.9. The molecule has 0 spiro atoms. The molecule has 3 aromatic heterocycles. The van der Waals surface area contributed by atoms with Gasteiger partial charge in [0, 0.05) is 38.3 Å². The first-order chi connectivity index (χ1) is 28.8. The third-order valence-corrected chi connectivity index (χ3v) is 17.0. The summed E-state index contributed by atoms with van der Waals surface area (Å²) in [5.41, 5.74) is 8.86. The molecular formula is C54H36N2OSi. The topological polar surface area (TPSA) is 23.0 Å². The van der Waals surface area contributed by atoms with E-state index < -0.39 is 8.07 Å². The number of rotatable bonds is 6. The Morgan fingerprint density at radius 1 is 0.345 bits per heavy atom. The number of hydrogen-bond donors (Lipinski definition) is 0. The predicted octanol–water partition coefficient (Wildman–Crippen LogP) is 11.2. The lowest BCUT2D eigenvalue weighted by Crippen LogP contribution is -2.75. The lowest BCUT2D eigenvalue weighted by Gasteiger charge is -2.35. The number of fused-ring (bicyclic) bond motifs is 10. The molecule has 0 aliphatic rings.